The Hall–Kier alpha value is -3.23. The number of amides is 1. The zero-order valence-electron chi connectivity index (χ0n) is 9.88. The van der Waals surface area contributed by atoms with Gasteiger partial charge in [0.1, 0.15) is 5.82 Å². The zero-order chi connectivity index (χ0) is 14.7. The molecular weight excluding hydrogens is 268 g/mol. The molecule has 20 heavy (non-hydrogen) atoms. The first-order chi connectivity index (χ1) is 9.45. The summed E-state index contributed by atoms with van der Waals surface area (Å²) in [6, 6.07) is 6.03. The Morgan fingerprint density at radius 1 is 1.20 bits per heavy atom. The Balaban J connectivity index is 2.28. The zero-order valence-corrected chi connectivity index (χ0v) is 9.88. The van der Waals surface area contributed by atoms with Crippen molar-refractivity contribution in [2.75, 3.05) is 5.32 Å². The standard InChI is InChI=1S/C11H8N4O5/c16-9-5-8(13-11(18)14-9)12-10(17)6-2-1-3-7(4-6)15(19)20/h1-5H,(H3,12,13,14,16,17,18). The van der Waals surface area contributed by atoms with Crippen LogP contribution in [0.15, 0.2) is 39.9 Å². The third-order valence-electron chi connectivity index (χ3n) is 2.33. The molecule has 9 nitrogen and oxygen atoms in total. The van der Waals surface area contributed by atoms with E-state index in [1.807, 2.05) is 4.98 Å². The number of nitro groups is 1. The molecule has 0 aliphatic heterocycles. The van der Waals surface area contributed by atoms with Crippen LogP contribution >= 0.6 is 0 Å². The minimum absolute atomic E-state index is 0.0281. The lowest BCUT2D eigenvalue weighted by molar-refractivity contribution is -0.384. The van der Waals surface area contributed by atoms with E-state index >= 15 is 0 Å². The molecule has 9 heteroatoms. The van der Waals surface area contributed by atoms with Gasteiger partial charge < -0.3 is 5.32 Å². The van der Waals surface area contributed by atoms with Gasteiger partial charge >= 0.3 is 5.69 Å². The second kappa shape index (κ2) is 5.18. The third-order valence-corrected chi connectivity index (χ3v) is 2.33. The Labute approximate surface area is 110 Å². The molecule has 0 fully saturated rings. The molecule has 0 aliphatic carbocycles. The summed E-state index contributed by atoms with van der Waals surface area (Å²) in [6.07, 6.45) is 0. The first-order valence-corrected chi connectivity index (χ1v) is 5.35. The third kappa shape index (κ3) is 2.96. The molecule has 102 valence electrons. The molecule has 1 aromatic heterocycles. The van der Waals surface area contributed by atoms with Gasteiger partial charge in [-0.3, -0.25) is 29.7 Å². The minimum atomic E-state index is -0.771. The van der Waals surface area contributed by atoms with E-state index in [0.29, 0.717) is 0 Å². The summed E-state index contributed by atoms with van der Waals surface area (Å²) in [6.45, 7) is 0. The van der Waals surface area contributed by atoms with Crippen LogP contribution in [0.25, 0.3) is 0 Å². The SMILES string of the molecule is O=C(Nc1cc(=O)[nH]c(=O)[nH]1)c1cccc([N+](=O)[O-])c1. The van der Waals surface area contributed by atoms with E-state index in [4.69, 9.17) is 0 Å². The number of nitrogens with zero attached hydrogens (tertiary/aromatic N) is 1. The predicted molar refractivity (Wildman–Crippen MR) is 68.7 cm³/mol. The van der Waals surface area contributed by atoms with E-state index in [1.165, 1.54) is 18.2 Å². The van der Waals surface area contributed by atoms with Crippen molar-refractivity contribution in [2.24, 2.45) is 0 Å². The predicted octanol–water partition coefficient (Wildman–Crippen LogP) is 0.224. The number of hydrogen-bond acceptors (Lipinski definition) is 5. The summed E-state index contributed by atoms with van der Waals surface area (Å²) in [4.78, 5) is 48.0. The van der Waals surface area contributed by atoms with Crippen molar-refractivity contribution >= 4 is 17.4 Å². The second-order valence-electron chi connectivity index (χ2n) is 3.76. The first-order valence-electron chi connectivity index (χ1n) is 5.35. The van der Waals surface area contributed by atoms with Crippen molar-refractivity contribution in [3.63, 3.8) is 0 Å². The Morgan fingerprint density at radius 3 is 2.60 bits per heavy atom. The van der Waals surface area contributed by atoms with Gasteiger partial charge in [0, 0.05) is 23.8 Å². The number of carbonyl (C=O) groups excluding carboxylic acids is 1. The molecule has 1 aromatic carbocycles. The largest absolute Gasteiger partial charge is 0.327 e. The molecule has 0 unspecified atom stereocenters. The molecule has 0 radical (unpaired) electrons. The number of anilines is 1. The van der Waals surface area contributed by atoms with Crippen LogP contribution in [0.4, 0.5) is 11.5 Å². The van der Waals surface area contributed by atoms with Gasteiger partial charge in [0.25, 0.3) is 17.2 Å². The lowest BCUT2D eigenvalue weighted by atomic mass is 10.2. The maximum absolute atomic E-state index is 11.8. The summed E-state index contributed by atoms with van der Waals surface area (Å²) in [7, 11) is 0. The maximum atomic E-state index is 11.8. The van der Waals surface area contributed by atoms with Crippen molar-refractivity contribution in [3.8, 4) is 0 Å². The van der Waals surface area contributed by atoms with Crippen LogP contribution in [-0.4, -0.2) is 20.8 Å². The fraction of sp³-hybridized carbons (Fsp3) is 0. The Bertz CT molecular complexity index is 763. The van der Waals surface area contributed by atoms with Gasteiger partial charge in [-0.2, -0.15) is 0 Å². The van der Waals surface area contributed by atoms with Crippen LogP contribution in [0, 0.1) is 10.1 Å². The van der Waals surface area contributed by atoms with E-state index in [-0.39, 0.29) is 17.1 Å². The number of benzene rings is 1. The number of aromatic nitrogens is 2. The Morgan fingerprint density at radius 2 is 1.95 bits per heavy atom. The van der Waals surface area contributed by atoms with Gasteiger partial charge in [0.2, 0.25) is 0 Å². The fourth-order valence-electron chi connectivity index (χ4n) is 1.49. The monoisotopic (exact) mass is 276 g/mol. The lowest BCUT2D eigenvalue weighted by Crippen LogP contribution is -2.24. The van der Waals surface area contributed by atoms with Gasteiger partial charge in [-0.25, -0.2) is 4.79 Å². The summed E-state index contributed by atoms with van der Waals surface area (Å²) >= 11 is 0. The van der Waals surface area contributed by atoms with Crippen LogP contribution in [-0.2, 0) is 0 Å². The number of hydrogen-bond donors (Lipinski definition) is 3. The second-order valence-corrected chi connectivity index (χ2v) is 3.76. The Kier molecular flexibility index (Phi) is 3.42. The topological polar surface area (TPSA) is 138 Å². The van der Waals surface area contributed by atoms with Crippen molar-refractivity contribution in [2.45, 2.75) is 0 Å². The molecule has 0 spiro atoms. The van der Waals surface area contributed by atoms with Gasteiger partial charge in [-0.15, -0.1) is 0 Å². The fourth-order valence-corrected chi connectivity index (χ4v) is 1.49. The van der Waals surface area contributed by atoms with Crippen LogP contribution in [0.3, 0.4) is 0 Å². The lowest BCUT2D eigenvalue weighted by Gasteiger charge is -2.04. The molecule has 3 N–H and O–H groups in total. The number of rotatable bonds is 3. The number of aromatic amines is 2. The molecule has 0 bridgehead atoms. The molecule has 1 amide bonds. The number of carbonyl (C=O) groups is 1. The average molecular weight is 276 g/mol. The van der Waals surface area contributed by atoms with Gasteiger partial charge in [-0.05, 0) is 6.07 Å². The molecule has 0 saturated carbocycles. The molecule has 0 aliphatic rings. The van der Waals surface area contributed by atoms with E-state index in [9.17, 15) is 24.5 Å². The summed E-state index contributed by atoms with van der Waals surface area (Å²) in [5.74, 6) is -0.787. The minimum Gasteiger partial charge on any atom is -0.308 e. The highest BCUT2D eigenvalue weighted by atomic mass is 16.6. The average Bonchev–Trinajstić information content (AvgIpc) is 2.37. The molecule has 2 rings (SSSR count). The van der Waals surface area contributed by atoms with Crippen molar-refractivity contribution in [1.29, 1.82) is 0 Å². The van der Waals surface area contributed by atoms with Gasteiger partial charge in [0.15, 0.2) is 0 Å². The number of non-ortho nitro benzene ring substituents is 1. The molecule has 1 heterocycles. The van der Waals surface area contributed by atoms with Crippen molar-refractivity contribution in [1.82, 2.24) is 9.97 Å². The van der Waals surface area contributed by atoms with E-state index < -0.39 is 22.1 Å². The number of H-pyrrole nitrogens is 2. The molecular formula is C11H8N4O5. The first kappa shape index (κ1) is 13.2. The summed E-state index contributed by atoms with van der Waals surface area (Å²) < 4.78 is 0. The highest BCUT2D eigenvalue weighted by molar-refractivity contribution is 6.04. The highest BCUT2D eigenvalue weighted by Gasteiger charge is 2.12. The normalized spacial score (nSPS) is 10.0. The van der Waals surface area contributed by atoms with E-state index in [1.54, 1.807) is 0 Å². The van der Waals surface area contributed by atoms with E-state index in [2.05, 4.69) is 10.3 Å². The quantitative estimate of drug-likeness (QED) is 0.543. The summed E-state index contributed by atoms with van der Waals surface area (Å²) in [5, 5.41) is 12.9. The molecule has 2 aromatic rings. The number of nitro benzene ring substituents is 1. The van der Waals surface area contributed by atoms with Crippen molar-refractivity contribution < 1.29 is 9.72 Å². The highest BCUT2D eigenvalue weighted by Crippen LogP contribution is 2.13. The molecule has 0 atom stereocenters. The van der Waals surface area contributed by atoms with Crippen LogP contribution in [0.2, 0.25) is 0 Å². The van der Waals surface area contributed by atoms with E-state index in [0.717, 1.165) is 12.1 Å². The van der Waals surface area contributed by atoms with Crippen LogP contribution < -0.4 is 16.6 Å². The molecule has 0 saturated heterocycles. The van der Waals surface area contributed by atoms with Crippen molar-refractivity contribution in [3.05, 3.63) is 66.8 Å². The van der Waals surface area contributed by atoms with Gasteiger partial charge in [-0.1, -0.05) is 6.07 Å². The number of nitrogens with one attached hydrogen (secondary N) is 3. The van der Waals surface area contributed by atoms with Crippen LogP contribution in [0.1, 0.15) is 10.4 Å². The maximum Gasteiger partial charge on any atom is 0.327 e. The van der Waals surface area contributed by atoms with Gasteiger partial charge in [0.05, 0.1) is 4.92 Å². The van der Waals surface area contributed by atoms with Crippen LogP contribution in [0.5, 0.6) is 0 Å². The summed E-state index contributed by atoms with van der Waals surface area (Å²) in [5.41, 5.74) is -1.66. The smallest absolute Gasteiger partial charge is 0.308 e.